The highest BCUT2D eigenvalue weighted by Crippen LogP contribution is 2.15. The second-order valence-electron chi connectivity index (χ2n) is 3.34. The van der Waals surface area contributed by atoms with Crippen molar-refractivity contribution < 1.29 is 9.18 Å². The Bertz CT molecular complexity index is 561. The van der Waals surface area contributed by atoms with Crippen molar-refractivity contribution in [2.45, 2.75) is 5.16 Å². The highest BCUT2D eigenvalue weighted by Gasteiger charge is 2.08. The Morgan fingerprint density at radius 3 is 2.67 bits per heavy atom. The van der Waals surface area contributed by atoms with Crippen molar-refractivity contribution in [2.75, 3.05) is 11.5 Å². The van der Waals surface area contributed by atoms with Crippen LogP contribution in [0.25, 0.3) is 0 Å². The first kappa shape index (κ1) is 12.4. The normalized spacial score (nSPS) is 10.3. The van der Waals surface area contributed by atoms with Crippen LogP contribution in [0.3, 0.4) is 0 Å². The molecule has 1 aromatic carbocycles. The monoisotopic (exact) mass is 264 g/mol. The van der Waals surface area contributed by atoms with E-state index in [1.54, 1.807) is 0 Å². The Morgan fingerprint density at radius 1 is 1.28 bits per heavy atom. The average molecular weight is 264 g/mol. The number of ketones is 1. The van der Waals surface area contributed by atoms with Gasteiger partial charge in [-0.15, -0.1) is 0 Å². The molecular weight excluding hydrogens is 255 g/mol. The predicted molar refractivity (Wildman–Crippen MR) is 65.7 cm³/mol. The summed E-state index contributed by atoms with van der Waals surface area (Å²) in [4.78, 5) is 23.1. The molecule has 92 valence electrons. The first-order chi connectivity index (χ1) is 8.65. The smallest absolute Gasteiger partial charge is 0.223 e. The third kappa shape index (κ3) is 3.24. The molecule has 2 rings (SSSR count). The zero-order chi connectivity index (χ0) is 13.0. The van der Waals surface area contributed by atoms with Gasteiger partial charge >= 0.3 is 0 Å². The lowest BCUT2D eigenvalue weighted by Crippen LogP contribution is -2.04. The zero-order valence-electron chi connectivity index (χ0n) is 9.21. The molecule has 2 aromatic rings. The van der Waals surface area contributed by atoms with E-state index < -0.39 is 0 Å². The molecule has 0 bridgehead atoms. The largest absolute Gasteiger partial charge is 0.368 e. The molecule has 0 fully saturated rings. The number of hydrogen-bond donors (Lipinski definition) is 1. The van der Waals surface area contributed by atoms with Gasteiger partial charge in [0.15, 0.2) is 10.9 Å². The Morgan fingerprint density at radius 2 is 2.00 bits per heavy atom. The second-order valence-corrected chi connectivity index (χ2v) is 4.29. The molecule has 5 nitrogen and oxygen atoms in total. The predicted octanol–water partition coefficient (Wildman–Crippen LogP) is 1.57. The van der Waals surface area contributed by atoms with Crippen LogP contribution in [-0.4, -0.2) is 26.5 Å². The van der Waals surface area contributed by atoms with Crippen molar-refractivity contribution in [2.24, 2.45) is 0 Å². The van der Waals surface area contributed by atoms with Crippen LogP contribution >= 0.6 is 11.8 Å². The van der Waals surface area contributed by atoms with Crippen molar-refractivity contribution in [3.63, 3.8) is 0 Å². The van der Waals surface area contributed by atoms with Gasteiger partial charge < -0.3 is 5.73 Å². The molecule has 0 aliphatic heterocycles. The fraction of sp³-hybridized carbons (Fsp3) is 0.0909. The molecule has 0 saturated carbocycles. The van der Waals surface area contributed by atoms with E-state index in [1.807, 2.05) is 0 Å². The lowest BCUT2D eigenvalue weighted by Gasteiger charge is -2.00. The van der Waals surface area contributed by atoms with Gasteiger partial charge in [0, 0.05) is 5.56 Å². The summed E-state index contributed by atoms with van der Waals surface area (Å²) >= 11 is 1.16. The molecular formula is C11H9FN4OS. The number of nitrogens with two attached hydrogens (primary N) is 1. The van der Waals surface area contributed by atoms with Crippen molar-refractivity contribution >= 4 is 23.5 Å². The number of benzene rings is 1. The number of aromatic nitrogens is 3. The minimum atomic E-state index is -0.371. The van der Waals surface area contributed by atoms with Gasteiger partial charge in [0.2, 0.25) is 5.95 Å². The molecule has 7 heteroatoms. The molecule has 18 heavy (non-hydrogen) atoms. The van der Waals surface area contributed by atoms with Crippen LogP contribution in [0.1, 0.15) is 10.4 Å². The summed E-state index contributed by atoms with van der Waals surface area (Å²) in [5, 5.41) is 0.387. The molecule has 0 radical (unpaired) electrons. The van der Waals surface area contributed by atoms with Crippen molar-refractivity contribution in [3.05, 3.63) is 42.0 Å². The van der Waals surface area contributed by atoms with Gasteiger partial charge in [-0.25, -0.2) is 14.4 Å². The lowest BCUT2D eigenvalue weighted by molar-refractivity contribution is 0.102. The van der Waals surface area contributed by atoms with Crippen LogP contribution in [0.5, 0.6) is 0 Å². The van der Waals surface area contributed by atoms with Crippen LogP contribution in [0.15, 0.2) is 35.7 Å². The molecule has 1 heterocycles. The maximum Gasteiger partial charge on any atom is 0.223 e. The number of carbonyl (C=O) groups excluding carboxylic acids is 1. The van der Waals surface area contributed by atoms with E-state index >= 15 is 0 Å². The summed E-state index contributed by atoms with van der Waals surface area (Å²) in [5.41, 5.74) is 5.84. The summed E-state index contributed by atoms with van der Waals surface area (Å²) in [7, 11) is 0. The van der Waals surface area contributed by atoms with Crippen LogP contribution in [0, 0.1) is 5.82 Å². The summed E-state index contributed by atoms with van der Waals surface area (Å²) < 4.78 is 12.7. The van der Waals surface area contributed by atoms with Gasteiger partial charge in [-0.3, -0.25) is 4.79 Å². The Balaban J connectivity index is 1.98. The number of halogens is 1. The Kier molecular flexibility index (Phi) is 3.83. The maximum absolute atomic E-state index is 12.7. The number of rotatable bonds is 4. The number of anilines is 1. The molecule has 2 N–H and O–H groups in total. The minimum absolute atomic E-state index is 0.113. The first-order valence-electron chi connectivity index (χ1n) is 5.01. The molecule has 1 aromatic heterocycles. The molecule has 0 amide bonds. The quantitative estimate of drug-likeness (QED) is 0.666. The number of carbonyl (C=O) groups is 1. The van der Waals surface area contributed by atoms with E-state index in [0.717, 1.165) is 11.8 Å². The number of nitrogen functional groups attached to an aromatic ring is 1. The van der Waals surface area contributed by atoms with Crippen molar-refractivity contribution in [3.8, 4) is 0 Å². The van der Waals surface area contributed by atoms with E-state index in [1.165, 1.54) is 30.6 Å². The van der Waals surface area contributed by atoms with Gasteiger partial charge in [0.05, 0.1) is 5.75 Å². The second kappa shape index (κ2) is 5.54. The van der Waals surface area contributed by atoms with Crippen molar-refractivity contribution in [1.29, 1.82) is 0 Å². The molecule has 0 aliphatic carbocycles. The lowest BCUT2D eigenvalue weighted by atomic mass is 10.1. The molecule has 0 atom stereocenters. The van der Waals surface area contributed by atoms with E-state index in [-0.39, 0.29) is 23.3 Å². The summed E-state index contributed by atoms with van der Waals surface area (Å²) in [6, 6.07) is 5.39. The third-order valence-corrected chi connectivity index (χ3v) is 2.93. The Labute approximate surface area is 107 Å². The summed E-state index contributed by atoms with van der Waals surface area (Å²) in [6.07, 6.45) is 1.28. The van der Waals surface area contributed by atoms with Crippen molar-refractivity contribution in [1.82, 2.24) is 15.0 Å². The fourth-order valence-electron chi connectivity index (χ4n) is 1.21. The van der Waals surface area contributed by atoms with Gasteiger partial charge in [0.25, 0.3) is 0 Å². The van der Waals surface area contributed by atoms with Gasteiger partial charge in [-0.2, -0.15) is 4.98 Å². The SMILES string of the molecule is Nc1ncnc(SCC(=O)c2ccc(F)cc2)n1. The maximum atomic E-state index is 12.7. The van der Waals surface area contributed by atoms with E-state index in [4.69, 9.17) is 5.73 Å². The topological polar surface area (TPSA) is 81.8 Å². The van der Waals surface area contributed by atoms with E-state index in [2.05, 4.69) is 15.0 Å². The fourth-order valence-corrected chi connectivity index (χ4v) is 1.92. The highest BCUT2D eigenvalue weighted by molar-refractivity contribution is 7.99. The minimum Gasteiger partial charge on any atom is -0.368 e. The first-order valence-corrected chi connectivity index (χ1v) is 6.00. The number of Topliss-reactive ketones (excluding diaryl/α,β-unsaturated/α-hetero) is 1. The van der Waals surface area contributed by atoms with Crippen LogP contribution in [0.2, 0.25) is 0 Å². The number of nitrogens with zero attached hydrogens (tertiary/aromatic N) is 3. The summed E-state index contributed by atoms with van der Waals surface area (Å²) in [6.45, 7) is 0. The van der Waals surface area contributed by atoms with E-state index in [0.29, 0.717) is 10.7 Å². The van der Waals surface area contributed by atoms with Crippen LogP contribution in [-0.2, 0) is 0 Å². The molecule has 0 aliphatic rings. The standard InChI is InChI=1S/C11H9FN4OS/c12-8-3-1-7(2-4-8)9(17)5-18-11-15-6-14-10(13)16-11/h1-4,6H,5H2,(H2,13,14,15,16). The molecule has 0 saturated heterocycles. The highest BCUT2D eigenvalue weighted by atomic mass is 32.2. The average Bonchev–Trinajstić information content (AvgIpc) is 2.37. The molecule has 0 unspecified atom stereocenters. The van der Waals surface area contributed by atoms with Crippen LogP contribution < -0.4 is 5.73 Å². The van der Waals surface area contributed by atoms with Gasteiger partial charge in [-0.1, -0.05) is 11.8 Å². The zero-order valence-corrected chi connectivity index (χ0v) is 10.0. The van der Waals surface area contributed by atoms with Gasteiger partial charge in [-0.05, 0) is 24.3 Å². The Hall–Kier alpha value is -2.02. The number of thioether (sulfide) groups is 1. The van der Waals surface area contributed by atoms with Gasteiger partial charge in [0.1, 0.15) is 12.1 Å². The third-order valence-electron chi connectivity index (χ3n) is 2.07. The number of hydrogen-bond acceptors (Lipinski definition) is 6. The van der Waals surface area contributed by atoms with Crippen LogP contribution in [0.4, 0.5) is 10.3 Å². The summed E-state index contributed by atoms with van der Waals surface area (Å²) in [5.74, 6) is -0.222. The molecule has 0 spiro atoms. The van der Waals surface area contributed by atoms with E-state index in [9.17, 15) is 9.18 Å².